The van der Waals surface area contributed by atoms with Crippen molar-refractivity contribution in [2.75, 3.05) is 13.1 Å². The van der Waals surface area contributed by atoms with Crippen molar-refractivity contribution >= 4 is 6.09 Å². The van der Waals surface area contributed by atoms with Gasteiger partial charge in [-0.2, -0.15) is 0 Å². The number of pyridine rings is 1. The smallest absolute Gasteiger partial charge is 0.410 e. The second-order valence-corrected chi connectivity index (χ2v) is 8.66. The second kappa shape index (κ2) is 7.11. The fraction of sp³-hybridized carbons (Fsp3) is 0.571. The van der Waals surface area contributed by atoms with Crippen LogP contribution in [-0.4, -0.2) is 50.3 Å². The first-order valence-corrected chi connectivity index (χ1v) is 9.94. The van der Waals surface area contributed by atoms with Gasteiger partial charge in [0.25, 0.3) is 0 Å². The zero-order valence-electron chi connectivity index (χ0n) is 17.0. The molecule has 0 bridgehead atoms. The Kier molecular flexibility index (Phi) is 4.77. The van der Waals surface area contributed by atoms with Crippen molar-refractivity contribution in [3.63, 3.8) is 0 Å². The molecule has 0 N–H and O–H groups in total. The highest BCUT2D eigenvalue weighted by Gasteiger charge is 2.35. The minimum absolute atomic E-state index is 0.150. The monoisotopic (exact) mass is 384 g/mol. The van der Waals surface area contributed by atoms with Crippen LogP contribution in [0.2, 0.25) is 0 Å². The second-order valence-electron chi connectivity index (χ2n) is 8.66. The van der Waals surface area contributed by atoms with Gasteiger partial charge in [0.15, 0.2) is 0 Å². The van der Waals surface area contributed by atoms with Gasteiger partial charge in [0.1, 0.15) is 29.1 Å². The molecule has 2 aliphatic rings. The number of aromatic nitrogens is 3. The Morgan fingerprint density at radius 1 is 1.25 bits per heavy atom. The van der Waals surface area contributed by atoms with Gasteiger partial charge in [0.2, 0.25) is 0 Å². The molecule has 7 nitrogen and oxygen atoms in total. The number of ether oxygens (including phenoxy) is 2. The highest BCUT2D eigenvalue weighted by atomic mass is 16.6. The number of rotatable bonds is 2. The van der Waals surface area contributed by atoms with Crippen LogP contribution in [0, 0.1) is 12.8 Å². The number of nitrogens with zero attached hydrogens (tertiary/aromatic N) is 4. The van der Waals surface area contributed by atoms with E-state index in [2.05, 4.69) is 16.0 Å². The third-order valence-corrected chi connectivity index (χ3v) is 5.42. The molecule has 0 saturated carbocycles. The summed E-state index contributed by atoms with van der Waals surface area (Å²) in [5.74, 6) is 3.10. The van der Waals surface area contributed by atoms with E-state index < -0.39 is 5.60 Å². The Morgan fingerprint density at radius 2 is 2.00 bits per heavy atom. The van der Waals surface area contributed by atoms with E-state index in [0.29, 0.717) is 19.0 Å². The average molecular weight is 384 g/mol. The van der Waals surface area contributed by atoms with E-state index in [1.807, 2.05) is 49.6 Å². The van der Waals surface area contributed by atoms with Crippen molar-refractivity contribution in [3.05, 3.63) is 36.0 Å². The normalized spacial score (nSPS) is 20.0. The molecule has 7 heteroatoms. The molecule has 4 rings (SSSR count). The molecule has 4 heterocycles. The minimum atomic E-state index is -0.456. The lowest BCUT2D eigenvalue weighted by molar-refractivity contribution is 0.0123. The number of fused-ring (bicyclic) bond motifs is 1. The lowest BCUT2D eigenvalue weighted by Crippen LogP contribution is -2.44. The van der Waals surface area contributed by atoms with E-state index in [-0.39, 0.29) is 12.2 Å². The van der Waals surface area contributed by atoms with Gasteiger partial charge in [-0.05, 0) is 52.5 Å². The van der Waals surface area contributed by atoms with E-state index >= 15 is 0 Å². The van der Waals surface area contributed by atoms with Crippen molar-refractivity contribution < 1.29 is 14.3 Å². The number of hydrogen-bond donors (Lipinski definition) is 0. The summed E-state index contributed by atoms with van der Waals surface area (Å²) in [6.45, 7) is 9.09. The first-order chi connectivity index (χ1) is 13.3. The van der Waals surface area contributed by atoms with Crippen LogP contribution in [0.3, 0.4) is 0 Å². The summed E-state index contributed by atoms with van der Waals surface area (Å²) >= 11 is 0. The van der Waals surface area contributed by atoms with E-state index in [9.17, 15) is 4.79 Å². The molecule has 0 aromatic carbocycles. The highest BCUT2D eigenvalue weighted by Crippen LogP contribution is 2.35. The van der Waals surface area contributed by atoms with Crippen LogP contribution in [-0.2, 0) is 11.2 Å². The molecule has 2 aromatic rings. The zero-order valence-corrected chi connectivity index (χ0v) is 17.0. The van der Waals surface area contributed by atoms with E-state index in [1.54, 1.807) is 6.20 Å². The molecule has 2 aliphatic heterocycles. The highest BCUT2D eigenvalue weighted by molar-refractivity contribution is 5.68. The van der Waals surface area contributed by atoms with Gasteiger partial charge in [-0.1, -0.05) is 0 Å². The van der Waals surface area contributed by atoms with Crippen LogP contribution in [0.15, 0.2) is 24.7 Å². The summed E-state index contributed by atoms with van der Waals surface area (Å²) in [6, 6.07) is 2.10. The molecule has 1 atom stereocenters. The molecule has 1 unspecified atom stereocenters. The number of likely N-dealkylation sites (tertiary alicyclic amines) is 1. The van der Waals surface area contributed by atoms with Gasteiger partial charge in [0.05, 0.1) is 6.20 Å². The van der Waals surface area contributed by atoms with Gasteiger partial charge >= 0.3 is 6.09 Å². The molecule has 0 spiro atoms. The number of imidazole rings is 1. The molecule has 150 valence electrons. The predicted molar refractivity (Wildman–Crippen MR) is 105 cm³/mol. The molecule has 0 radical (unpaired) electrons. The summed E-state index contributed by atoms with van der Waals surface area (Å²) in [6.07, 6.45) is 8.20. The molecule has 28 heavy (non-hydrogen) atoms. The maximum Gasteiger partial charge on any atom is 0.410 e. The van der Waals surface area contributed by atoms with Crippen molar-refractivity contribution in [3.8, 4) is 11.6 Å². The van der Waals surface area contributed by atoms with Crippen LogP contribution in [0.25, 0.3) is 5.82 Å². The number of aryl methyl sites for hydroxylation is 1. The molecular weight excluding hydrogens is 356 g/mol. The van der Waals surface area contributed by atoms with Crippen molar-refractivity contribution in [1.82, 2.24) is 19.4 Å². The Balaban J connectivity index is 1.37. The first-order valence-electron chi connectivity index (χ1n) is 9.94. The molecule has 2 aromatic heterocycles. The first kappa shape index (κ1) is 18.8. The van der Waals surface area contributed by atoms with Gasteiger partial charge in [-0.25, -0.2) is 14.8 Å². The summed E-state index contributed by atoms with van der Waals surface area (Å²) < 4.78 is 13.7. The SMILES string of the molecule is Cc1nccn1-c1cc2c(cn1)OC(C1CCN(C(=O)OC(C)(C)C)CC1)C2. The van der Waals surface area contributed by atoms with E-state index in [4.69, 9.17) is 9.47 Å². The van der Waals surface area contributed by atoms with Crippen LogP contribution < -0.4 is 4.74 Å². The van der Waals surface area contributed by atoms with Crippen LogP contribution in [0.5, 0.6) is 5.75 Å². The third-order valence-electron chi connectivity index (χ3n) is 5.42. The fourth-order valence-corrected chi connectivity index (χ4v) is 3.95. The number of piperidine rings is 1. The quantitative estimate of drug-likeness (QED) is 0.792. The van der Waals surface area contributed by atoms with Crippen LogP contribution in [0.1, 0.15) is 45.0 Å². The van der Waals surface area contributed by atoms with Gasteiger partial charge in [-0.15, -0.1) is 0 Å². The third kappa shape index (κ3) is 3.84. The van der Waals surface area contributed by atoms with Crippen LogP contribution >= 0.6 is 0 Å². The van der Waals surface area contributed by atoms with Crippen LogP contribution in [0.4, 0.5) is 4.79 Å². The van der Waals surface area contributed by atoms with Gasteiger partial charge in [0, 0.05) is 37.5 Å². The number of carbonyl (C=O) groups is 1. The fourth-order valence-electron chi connectivity index (χ4n) is 3.95. The summed E-state index contributed by atoms with van der Waals surface area (Å²) in [5, 5.41) is 0. The molecule has 1 saturated heterocycles. The average Bonchev–Trinajstić information content (AvgIpc) is 3.25. The maximum atomic E-state index is 12.3. The topological polar surface area (TPSA) is 69.5 Å². The Labute approximate surface area is 165 Å². The Hall–Kier alpha value is -2.57. The van der Waals surface area contributed by atoms with E-state index in [0.717, 1.165) is 36.7 Å². The Morgan fingerprint density at radius 3 is 2.64 bits per heavy atom. The number of amides is 1. The maximum absolute atomic E-state index is 12.3. The zero-order chi connectivity index (χ0) is 19.9. The van der Waals surface area contributed by atoms with Crippen molar-refractivity contribution in [1.29, 1.82) is 0 Å². The number of carbonyl (C=O) groups excluding carboxylic acids is 1. The number of hydrogen-bond acceptors (Lipinski definition) is 5. The van der Waals surface area contributed by atoms with Gasteiger partial charge < -0.3 is 14.4 Å². The lowest BCUT2D eigenvalue weighted by Gasteiger charge is -2.35. The predicted octanol–water partition coefficient (Wildman–Crippen LogP) is 3.53. The molecular formula is C21H28N4O3. The summed E-state index contributed by atoms with van der Waals surface area (Å²) in [7, 11) is 0. The Bertz CT molecular complexity index is 863. The summed E-state index contributed by atoms with van der Waals surface area (Å²) in [5.41, 5.74) is 0.736. The largest absolute Gasteiger partial charge is 0.488 e. The van der Waals surface area contributed by atoms with E-state index in [1.165, 1.54) is 5.56 Å². The van der Waals surface area contributed by atoms with Crippen molar-refractivity contribution in [2.24, 2.45) is 5.92 Å². The molecule has 1 fully saturated rings. The standard InChI is InChI=1S/C21H28N4O3/c1-14-22-7-10-25(14)19-12-16-11-17(27-18(16)13-23-19)15-5-8-24(9-6-15)20(26)28-21(2,3)4/h7,10,12-13,15,17H,5-6,8-9,11H2,1-4H3. The molecule has 0 aliphatic carbocycles. The van der Waals surface area contributed by atoms with Crippen molar-refractivity contribution in [2.45, 2.75) is 58.7 Å². The minimum Gasteiger partial charge on any atom is -0.488 e. The summed E-state index contributed by atoms with van der Waals surface area (Å²) in [4.78, 5) is 22.9. The van der Waals surface area contributed by atoms with Gasteiger partial charge in [-0.3, -0.25) is 4.57 Å². The molecule has 1 amide bonds. The lowest BCUT2D eigenvalue weighted by atomic mass is 9.89.